The zero-order valence-corrected chi connectivity index (χ0v) is 17.7. The predicted octanol–water partition coefficient (Wildman–Crippen LogP) is 3.63. The molecule has 0 unspecified atom stereocenters. The molecule has 3 N–H and O–H groups in total. The van der Waals surface area contributed by atoms with Gasteiger partial charge in [-0.2, -0.15) is 13.2 Å². The first-order valence-electron chi connectivity index (χ1n) is 9.78. The summed E-state index contributed by atoms with van der Waals surface area (Å²) in [5.41, 5.74) is 5.66. The molecule has 1 fully saturated rings. The Bertz CT molecular complexity index is 1160. The highest BCUT2D eigenvalue weighted by Crippen LogP contribution is 2.33. The first-order chi connectivity index (χ1) is 15.1. The first kappa shape index (κ1) is 22.2. The number of carbonyl (C=O) groups is 1. The van der Waals surface area contributed by atoms with Crippen LogP contribution in [0.15, 0.2) is 30.6 Å². The number of rotatable bonds is 4. The van der Waals surface area contributed by atoms with Crippen molar-refractivity contribution in [3.63, 3.8) is 0 Å². The molecule has 2 aromatic heterocycles. The van der Waals surface area contributed by atoms with Gasteiger partial charge in [0.25, 0.3) is 5.91 Å². The van der Waals surface area contributed by atoms with E-state index in [1.807, 2.05) is 0 Å². The summed E-state index contributed by atoms with van der Waals surface area (Å²) in [6, 6.07) is 2.75. The fraction of sp³-hybridized carbons (Fsp3) is 0.350. The molecule has 1 amide bonds. The number of hydrogen-bond donors (Lipinski definition) is 2. The molecule has 1 saturated heterocycles. The second-order valence-electron chi connectivity index (χ2n) is 7.43. The minimum Gasteiger partial charge on any atom is -0.399 e. The summed E-state index contributed by atoms with van der Waals surface area (Å²) in [4.78, 5) is 23.0. The van der Waals surface area contributed by atoms with Crippen LogP contribution < -0.4 is 11.1 Å². The molecule has 0 spiro atoms. The van der Waals surface area contributed by atoms with E-state index in [1.165, 1.54) is 12.3 Å². The molecule has 0 aliphatic carbocycles. The van der Waals surface area contributed by atoms with Gasteiger partial charge in [-0.05, 0) is 30.7 Å². The summed E-state index contributed by atoms with van der Waals surface area (Å²) in [6.07, 6.45) is -1.49. The smallest absolute Gasteiger partial charge is 0.399 e. The number of imidazole rings is 1. The maximum atomic E-state index is 13.2. The molecular formula is C20H20ClF3N6O2. The monoisotopic (exact) mass is 468 g/mol. The molecule has 0 saturated carbocycles. The summed E-state index contributed by atoms with van der Waals surface area (Å²) in [6.45, 7) is 3.50. The number of aromatic nitrogens is 3. The molecule has 12 heteroatoms. The normalized spacial score (nSPS) is 15.7. The maximum absolute atomic E-state index is 13.2. The van der Waals surface area contributed by atoms with Crippen LogP contribution in [0, 0.1) is 0 Å². The first-order valence-corrected chi connectivity index (χ1v) is 10.2. The molecule has 3 aromatic rings. The zero-order valence-electron chi connectivity index (χ0n) is 17.0. The van der Waals surface area contributed by atoms with Crippen LogP contribution in [0.2, 0.25) is 5.15 Å². The third-order valence-corrected chi connectivity index (χ3v) is 5.27. The average Bonchev–Trinajstić information content (AvgIpc) is 3.17. The Morgan fingerprint density at radius 3 is 2.62 bits per heavy atom. The maximum Gasteiger partial charge on any atom is 0.416 e. The number of anilines is 2. The number of hydrogen-bond acceptors (Lipinski definition) is 6. The summed E-state index contributed by atoms with van der Waals surface area (Å²) in [5.74, 6) is -0.0280. The van der Waals surface area contributed by atoms with Gasteiger partial charge in [0.15, 0.2) is 11.5 Å². The molecule has 1 aliphatic heterocycles. The second-order valence-corrected chi connectivity index (χ2v) is 7.81. The highest BCUT2D eigenvalue weighted by molar-refractivity contribution is 6.29. The van der Waals surface area contributed by atoms with Gasteiger partial charge in [-0.3, -0.25) is 4.79 Å². The molecule has 32 heavy (non-hydrogen) atoms. The van der Waals surface area contributed by atoms with Crippen LogP contribution in [0.3, 0.4) is 0 Å². The lowest BCUT2D eigenvalue weighted by Gasteiger charge is -2.25. The lowest BCUT2D eigenvalue weighted by Crippen LogP contribution is -2.40. The van der Waals surface area contributed by atoms with E-state index < -0.39 is 17.8 Å². The molecule has 8 nitrogen and oxygen atoms in total. The third-order valence-electron chi connectivity index (χ3n) is 5.08. The minimum absolute atomic E-state index is 0.00752. The summed E-state index contributed by atoms with van der Waals surface area (Å²) in [5, 5.41) is 3.16. The number of carbonyl (C=O) groups excluding carboxylic acids is 1. The molecule has 170 valence electrons. The SMILES string of the molecule is C[C@@H](Nc1nc(Cl)cn2cc(C(=O)N3CCOCC3)nc12)c1cc(N)cc(C(F)(F)F)c1. The van der Waals surface area contributed by atoms with Crippen LogP contribution in [0.5, 0.6) is 0 Å². The lowest BCUT2D eigenvalue weighted by molar-refractivity contribution is -0.137. The van der Waals surface area contributed by atoms with Gasteiger partial charge in [-0.15, -0.1) is 0 Å². The number of nitrogens with one attached hydrogen (secondary N) is 1. The number of ether oxygens (including phenoxy) is 1. The van der Waals surface area contributed by atoms with Gasteiger partial charge in [0, 0.05) is 31.2 Å². The van der Waals surface area contributed by atoms with Crippen molar-refractivity contribution in [3.8, 4) is 0 Å². The largest absolute Gasteiger partial charge is 0.416 e. The molecule has 1 aromatic carbocycles. The van der Waals surface area contributed by atoms with E-state index in [0.29, 0.717) is 37.5 Å². The van der Waals surface area contributed by atoms with Gasteiger partial charge in [0.05, 0.1) is 24.8 Å². The third kappa shape index (κ3) is 4.58. The van der Waals surface area contributed by atoms with Crippen LogP contribution in [-0.2, 0) is 10.9 Å². The second kappa shape index (κ2) is 8.47. The van der Waals surface area contributed by atoms with E-state index in [4.69, 9.17) is 22.1 Å². The van der Waals surface area contributed by atoms with E-state index in [0.717, 1.165) is 12.1 Å². The fourth-order valence-corrected chi connectivity index (χ4v) is 3.66. The number of nitrogens with two attached hydrogens (primary N) is 1. The predicted molar refractivity (Wildman–Crippen MR) is 113 cm³/mol. The van der Waals surface area contributed by atoms with Crippen LogP contribution in [0.25, 0.3) is 5.65 Å². The molecule has 3 heterocycles. The van der Waals surface area contributed by atoms with E-state index in [2.05, 4.69) is 15.3 Å². The van der Waals surface area contributed by atoms with E-state index >= 15 is 0 Å². The standard InChI is InChI=1S/C20H20ClF3N6O2/c1-11(12-6-13(20(22,23)24)8-14(25)7-12)26-17-18-27-15(9-30(18)10-16(21)28-17)19(31)29-2-4-32-5-3-29/h6-11H,2-5,25H2,1H3,(H,26,28)/t11-/m1/s1. The number of nitrogens with zero attached hydrogens (tertiary/aromatic N) is 4. The average molecular weight is 469 g/mol. The molecule has 0 radical (unpaired) electrons. The van der Waals surface area contributed by atoms with E-state index in [1.54, 1.807) is 22.4 Å². The van der Waals surface area contributed by atoms with Gasteiger partial charge in [0.1, 0.15) is 10.8 Å². The fourth-order valence-electron chi connectivity index (χ4n) is 3.47. The van der Waals surface area contributed by atoms with Gasteiger partial charge in [0.2, 0.25) is 0 Å². The minimum atomic E-state index is -4.52. The van der Waals surface area contributed by atoms with Gasteiger partial charge in [-0.25, -0.2) is 9.97 Å². The van der Waals surface area contributed by atoms with Crippen molar-refractivity contribution in [2.24, 2.45) is 0 Å². The van der Waals surface area contributed by atoms with Crippen LogP contribution >= 0.6 is 11.6 Å². The molecule has 1 aliphatic rings. The van der Waals surface area contributed by atoms with Crippen molar-refractivity contribution in [3.05, 3.63) is 52.6 Å². The number of nitrogen functional groups attached to an aromatic ring is 1. The van der Waals surface area contributed by atoms with E-state index in [-0.39, 0.29) is 28.3 Å². The Morgan fingerprint density at radius 2 is 1.94 bits per heavy atom. The number of halogens is 4. The quantitative estimate of drug-likeness (QED) is 0.567. The van der Waals surface area contributed by atoms with Crippen molar-refractivity contribution in [2.45, 2.75) is 19.1 Å². The Morgan fingerprint density at radius 1 is 1.22 bits per heavy atom. The van der Waals surface area contributed by atoms with Crippen LogP contribution in [-0.4, -0.2) is 51.5 Å². The van der Waals surface area contributed by atoms with Crippen LogP contribution in [0.4, 0.5) is 24.7 Å². The topological polar surface area (TPSA) is 97.8 Å². The Labute approximate surface area is 186 Å². The van der Waals surface area contributed by atoms with E-state index in [9.17, 15) is 18.0 Å². The number of amides is 1. The summed E-state index contributed by atoms with van der Waals surface area (Å²) in [7, 11) is 0. The van der Waals surface area contributed by atoms with Crippen molar-refractivity contribution < 1.29 is 22.7 Å². The number of morpholine rings is 1. The van der Waals surface area contributed by atoms with Crippen molar-refractivity contribution in [2.75, 3.05) is 37.4 Å². The zero-order chi connectivity index (χ0) is 23.0. The lowest BCUT2D eigenvalue weighted by atomic mass is 10.0. The number of alkyl halides is 3. The number of benzene rings is 1. The molecular weight excluding hydrogens is 449 g/mol. The Balaban J connectivity index is 1.65. The van der Waals surface area contributed by atoms with Gasteiger partial charge in [-0.1, -0.05) is 11.6 Å². The molecule has 4 rings (SSSR count). The van der Waals surface area contributed by atoms with Crippen LogP contribution in [0.1, 0.15) is 34.6 Å². The Kier molecular flexibility index (Phi) is 5.87. The van der Waals surface area contributed by atoms with Crippen molar-refractivity contribution in [1.29, 1.82) is 0 Å². The number of fused-ring (bicyclic) bond motifs is 1. The van der Waals surface area contributed by atoms with Gasteiger partial charge < -0.3 is 25.1 Å². The summed E-state index contributed by atoms with van der Waals surface area (Å²) >= 11 is 6.12. The van der Waals surface area contributed by atoms with Crippen molar-refractivity contribution >= 4 is 34.7 Å². The summed E-state index contributed by atoms with van der Waals surface area (Å²) < 4.78 is 46.3. The highest BCUT2D eigenvalue weighted by atomic mass is 35.5. The van der Waals surface area contributed by atoms with Crippen molar-refractivity contribution in [1.82, 2.24) is 19.3 Å². The highest BCUT2D eigenvalue weighted by Gasteiger charge is 2.31. The Hall–Kier alpha value is -3.05. The van der Waals surface area contributed by atoms with Gasteiger partial charge >= 0.3 is 6.18 Å². The molecule has 1 atom stereocenters. The molecule has 0 bridgehead atoms.